The zero-order chi connectivity index (χ0) is 18.4. The van der Waals surface area contributed by atoms with E-state index in [4.69, 9.17) is 8.92 Å². The van der Waals surface area contributed by atoms with Crippen molar-refractivity contribution in [2.24, 2.45) is 0 Å². The molecule has 0 fully saturated rings. The average Bonchev–Trinajstić information content (AvgIpc) is 2.73. The van der Waals surface area contributed by atoms with Crippen LogP contribution in [-0.2, 0) is 8.98 Å². The van der Waals surface area contributed by atoms with Crippen molar-refractivity contribution in [2.45, 2.75) is 28.0 Å². The van der Waals surface area contributed by atoms with Crippen molar-refractivity contribution in [1.82, 2.24) is 0 Å². The first-order chi connectivity index (χ1) is 12.7. The number of rotatable bonds is 6. The third kappa shape index (κ3) is 3.46. The van der Waals surface area contributed by atoms with Crippen LogP contribution < -0.4 is 4.74 Å². The Bertz CT molecular complexity index is 806. The van der Waals surface area contributed by atoms with Crippen LogP contribution in [0.3, 0.4) is 0 Å². The molecule has 0 bridgehead atoms. The summed E-state index contributed by atoms with van der Waals surface area (Å²) in [5, 5.41) is 0. The molecule has 0 aliphatic carbocycles. The quantitative estimate of drug-likeness (QED) is 0.549. The van der Waals surface area contributed by atoms with Gasteiger partial charge in [0.1, 0.15) is 5.75 Å². The minimum Gasteiger partial charge on any atom is -0.497 e. The van der Waals surface area contributed by atoms with Gasteiger partial charge in [-0.15, -0.1) is 0 Å². The number of ether oxygens (including phenoxy) is 1. The fourth-order valence-corrected chi connectivity index (χ4v) is 5.84. The van der Waals surface area contributed by atoms with Crippen molar-refractivity contribution in [1.29, 1.82) is 0 Å². The zero-order valence-electron chi connectivity index (χ0n) is 14.9. The minimum absolute atomic E-state index is 0.219. The first-order valence-corrected chi connectivity index (χ1v) is 10.1. The van der Waals surface area contributed by atoms with Crippen LogP contribution in [0.5, 0.6) is 5.75 Å². The zero-order valence-corrected chi connectivity index (χ0v) is 15.7. The van der Waals surface area contributed by atoms with Gasteiger partial charge in [0.15, 0.2) is 0 Å². The third-order valence-corrected chi connectivity index (χ3v) is 7.29. The van der Waals surface area contributed by atoms with Crippen molar-refractivity contribution in [3.05, 3.63) is 84.9 Å². The molecule has 0 aliphatic rings. The highest BCUT2D eigenvalue weighted by Crippen LogP contribution is 2.69. The predicted octanol–water partition coefficient (Wildman–Crippen LogP) is 5.85. The van der Waals surface area contributed by atoms with Crippen LogP contribution in [0, 0.1) is 0 Å². The van der Waals surface area contributed by atoms with Crippen LogP contribution in [-0.4, -0.2) is 13.1 Å². The van der Waals surface area contributed by atoms with Crippen molar-refractivity contribution in [3.8, 4) is 5.75 Å². The summed E-state index contributed by atoms with van der Waals surface area (Å²) in [6, 6.07) is 27.7. The molecule has 4 heteroatoms. The van der Waals surface area contributed by atoms with E-state index < -0.39 is 10.3 Å². The first-order valence-electron chi connectivity index (χ1n) is 8.50. The Morgan fingerprint density at radius 3 is 1.65 bits per heavy atom. The Hall–Kier alpha value is -2.72. The number of methoxy groups -OCH3 is 1. The highest BCUT2D eigenvalue weighted by atomic mass is 32.3. The van der Waals surface area contributed by atoms with Crippen molar-refractivity contribution >= 4 is 16.3 Å². The smallest absolute Gasteiger partial charge is 0.316 e. The summed E-state index contributed by atoms with van der Waals surface area (Å²) in [6.07, 6.45) is 0.324. The summed E-state index contributed by atoms with van der Waals surface area (Å²) in [7, 11) is -0.535. The number of hydrogen-bond acceptors (Lipinski definition) is 3. The summed E-state index contributed by atoms with van der Waals surface area (Å²) >= 11 is 0. The lowest BCUT2D eigenvalue weighted by Crippen LogP contribution is -2.12. The standard InChI is InChI=1S/C22H22O3S/c1-3-22(23)25-26(19-10-6-4-7-11-19,20-12-8-5-9-13-20)21-16-14-18(24-2)15-17-21/h4-17H,3H2,1-2H3. The van der Waals surface area contributed by atoms with Crippen LogP contribution in [0.1, 0.15) is 13.3 Å². The molecule has 3 rings (SSSR count). The van der Waals surface area contributed by atoms with E-state index in [9.17, 15) is 4.79 Å². The Morgan fingerprint density at radius 1 is 0.769 bits per heavy atom. The summed E-state index contributed by atoms with van der Waals surface area (Å²) < 4.78 is 11.5. The second-order valence-corrected chi connectivity index (χ2v) is 8.36. The monoisotopic (exact) mass is 366 g/mol. The lowest BCUT2D eigenvalue weighted by atomic mass is 10.3. The lowest BCUT2D eigenvalue weighted by Gasteiger charge is -2.39. The molecule has 0 spiro atoms. The second-order valence-electron chi connectivity index (χ2n) is 5.67. The molecule has 0 amide bonds. The van der Waals surface area contributed by atoms with Crippen LogP contribution in [0.2, 0.25) is 0 Å². The van der Waals surface area contributed by atoms with E-state index in [2.05, 4.69) is 0 Å². The molecule has 0 heterocycles. The van der Waals surface area contributed by atoms with Gasteiger partial charge in [-0.05, 0) is 58.8 Å². The topological polar surface area (TPSA) is 35.5 Å². The van der Waals surface area contributed by atoms with Gasteiger partial charge in [0.05, 0.1) is 7.11 Å². The van der Waals surface area contributed by atoms with Gasteiger partial charge < -0.3 is 8.92 Å². The fourth-order valence-electron chi connectivity index (χ4n) is 2.74. The maximum absolute atomic E-state index is 12.4. The lowest BCUT2D eigenvalue weighted by molar-refractivity contribution is -0.133. The normalized spacial score (nSPS) is 11.6. The van der Waals surface area contributed by atoms with E-state index in [1.807, 2.05) is 91.9 Å². The van der Waals surface area contributed by atoms with Gasteiger partial charge in [0.25, 0.3) is 0 Å². The van der Waals surface area contributed by atoms with Crippen LogP contribution in [0.15, 0.2) is 99.6 Å². The Kier molecular flexibility index (Phi) is 5.64. The molecule has 0 aromatic heterocycles. The third-order valence-electron chi connectivity index (χ3n) is 4.05. The summed E-state index contributed by atoms with van der Waals surface area (Å²) in [4.78, 5) is 15.4. The summed E-state index contributed by atoms with van der Waals surface area (Å²) in [6.45, 7) is 1.82. The van der Waals surface area contributed by atoms with Gasteiger partial charge in [-0.3, -0.25) is 4.79 Å². The Morgan fingerprint density at radius 2 is 1.23 bits per heavy atom. The molecular weight excluding hydrogens is 344 g/mol. The maximum atomic E-state index is 12.4. The largest absolute Gasteiger partial charge is 0.497 e. The van der Waals surface area contributed by atoms with Crippen molar-refractivity contribution in [2.75, 3.05) is 7.11 Å². The number of hydrogen-bond donors (Lipinski definition) is 0. The van der Waals surface area contributed by atoms with E-state index in [1.54, 1.807) is 7.11 Å². The van der Waals surface area contributed by atoms with Gasteiger partial charge in [-0.1, -0.05) is 43.3 Å². The first kappa shape index (κ1) is 18.1. The van der Waals surface area contributed by atoms with Crippen molar-refractivity contribution < 1.29 is 13.7 Å². The summed E-state index contributed by atoms with van der Waals surface area (Å²) in [5.74, 6) is 0.550. The maximum Gasteiger partial charge on any atom is 0.316 e. The molecule has 3 aromatic rings. The van der Waals surface area contributed by atoms with Gasteiger partial charge in [0.2, 0.25) is 0 Å². The van der Waals surface area contributed by atoms with Crippen LogP contribution in [0.25, 0.3) is 0 Å². The number of carbonyl (C=O) groups is 1. The predicted molar refractivity (Wildman–Crippen MR) is 105 cm³/mol. The highest BCUT2D eigenvalue weighted by Gasteiger charge is 2.35. The van der Waals surface area contributed by atoms with E-state index in [-0.39, 0.29) is 5.97 Å². The molecule has 26 heavy (non-hydrogen) atoms. The van der Waals surface area contributed by atoms with E-state index in [0.717, 1.165) is 20.4 Å². The fraction of sp³-hybridized carbons (Fsp3) is 0.136. The summed E-state index contributed by atoms with van der Waals surface area (Å²) in [5.41, 5.74) is 0. The van der Waals surface area contributed by atoms with E-state index in [1.165, 1.54) is 0 Å². The van der Waals surface area contributed by atoms with E-state index >= 15 is 0 Å². The molecule has 0 N–H and O–H groups in total. The molecule has 0 saturated carbocycles. The molecule has 0 radical (unpaired) electrons. The highest BCUT2D eigenvalue weighted by molar-refractivity contribution is 8.30. The van der Waals surface area contributed by atoms with Crippen LogP contribution in [0.4, 0.5) is 0 Å². The van der Waals surface area contributed by atoms with Crippen LogP contribution >= 0.6 is 10.3 Å². The molecular formula is C22H22O3S. The van der Waals surface area contributed by atoms with Gasteiger partial charge in [-0.2, -0.15) is 0 Å². The average molecular weight is 366 g/mol. The van der Waals surface area contributed by atoms with E-state index in [0.29, 0.717) is 6.42 Å². The number of carbonyl (C=O) groups excluding carboxylic acids is 1. The molecule has 134 valence electrons. The molecule has 0 atom stereocenters. The Labute approximate surface area is 156 Å². The molecule has 0 saturated heterocycles. The molecule has 0 unspecified atom stereocenters. The second kappa shape index (κ2) is 8.11. The van der Waals surface area contributed by atoms with Gasteiger partial charge in [-0.25, -0.2) is 0 Å². The molecule has 0 aliphatic heterocycles. The Balaban J connectivity index is 2.28. The SMILES string of the molecule is CCC(=O)OS(c1ccccc1)(c1ccccc1)c1ccc(OC)cc1. The van der Waals surface area contributed by atoms with Crippen molar-refractivity contribution in [3.63, 3.8) is 0 Å². The van der Waals surface area contributed by atoms with Gasteiger partial charge in [0, 0.05) is 21.1 Å². The molecule has 3 nitrogen and oxygen atoms in total. The molecule has 3 aromatic carbocycles. The number of benzene rings is 3. The minimum atomic E-state index is -2.17. The van der Waals surface area contributed by atoms with Gasteiger partial charge >= 0.3 is 5.97 Å².